The van der Waals surface area contributed by atoms with E-state index in [1.54, 1.807) is 20.1 Å². The van der Waals surface area contributed by atoms with E-state index in [0.717, 1.165) is 12.8 Å². The van der Waals surface area contributed by atoms with Crippen LogP contribution in [-0.2, 0) is 15.9 Å². The largest absolute Gasteiger partial charge is 0.382 e. The molecule has 25 heavy (non-hydrogen) atoms. The summed E-state index contributed by atoms with van der Waals surface area (Å²) in [7, 11) is 1.65. The molecular formula is C19H24N2O4. The second kappa shape index (κ2) is 8.27. The van der Waals surface area contributed by atoms with Gasteiger partial charge in [-0.3, -0.25) is 4.79 Å². The Kier molecular flexibility index (Phi) is 5.83. The molecule has 0 saturated carbocycles. The minimum Gasteiger partial charge on any atom is -0.382 e. The number of methoxy groups -OCH3 is 1. The van der Waals surface area contributed by atoms with Crippen LogP contribution in [0.15, 0.2) is 40.9 Å². The lowest BCUT2D eigenvalue weighted by molar-refractivity contribution is 0.000369. The molecule has 1 aliphatic heterocycles. The second-order valence-electron chi connectivity index (χ2n) is 6.27. The van der Waals surface area contributed by atoms with Crippen molar-refractivity contribution in [2.24, 2.45) is 0 Å². The monoisotopic (exact) mass is 344 g/mol. The van der Waals surface area contributed by atoms with Gasteiger partial charge in [0.15, 0.2) is 5.69 Å². The van der Waals surface area contributed by atoms with Gasteiger partial charge in [-0.2, -0.15) is 0 Å². The first-order valence-electron chi connectivity index (χ1n) is 8.58. The van der Waals surface area contributed by atoms with Gasteiger partial charge < -0.3 is 18.9 Å². The summed E-state index contributed by atoms with van der Waals surface area (Å²) in [5, 5.41) is 3.88. The Morgan fingerprint density at radius 2 is 2.12 bits per heavy atom. The number of amides is 1. The van der Waals surface area contributed by atoms with Crippen molar-refractivity contribution in [1.82, 2.24) is 10.1 Å². The van der Waals surface area contributed by atoms with Gasteiger partial charge in [-0.05, 0) is 25.3 Å². The summed E-state index contributed by atoms with van der Waals surface area (Å²) >= 11 is 0. The maximum absolute atomic E-state index is 12.9. The van der Waals surface area contributed by atoms with Gasteiger partial charge in [-0.25, -0.2) is 0 Å². The van der Waals surface area contributed by atoms with Gasteiger partial charge in [-0.15, -0.1) is 0 Å². The van der Waals surface area contributed by atoms with Crippen molar-refractivity contribution < 1.29 is 18.8 Å². The zero-order valence-corrected chi connectivity index (χ0v) is 14.7. The molecule has 1 fully saturated rings. The van der Waals surface area contributed by atoms with Gasteiger partial charge in [0.25, 0.3) is 5.91 Å². The quantitative estimate of drug-likeness (QED) is 0.722. The normalized spacial score (nSPS) is 20.2. The van der Waals surface area contributed by atoms with Gasteiger partial charge in [-0.1, -0.05) is 35.5 Å². The van der Waals surface area contributed by atoms with Crippen molar-refractivity contribution >= 4 is 5.91 Å². The summed E-state index contributed by atoms with van der Waals surface area (Å²) in [6.45, 7) is 3.51. The number of aromatic nitrogens is 1. The highest BCUT2D eigenvalue weighted by molar-refractivity contribution is 5.92. The Hall–Kier alpha value is -2.18. The number of carbonyl (C=O) groups excluding carboxylic acids is 1. The minimum atomic E-state index is -0.101. The van der Waals surface area contributed by atoms with Crippen molar-refractivity contribution in [2.45, 2.75) is 31.9 Å². The Morgan fingerprint density at radius 3 is 2.80 bits per heavy atom. The number of hydrogen-bond acceptors (Lipinski definition) is 5. The first-order valence-corrected chi connectivity index (χ1v) is 8.58. The van der Waals surface area contributed by atoms with Crippen LogP contribution in [0.25, 0.3) is 0 Å². The lowest BCUT2D eigenvalue weighted by Crippen LogP contribution is -2.42. The minimum absolute atomic E-state index is 0.00713. The van der Waals surface area contributed by atoms with Crippen molar-refractivity contribution in [1.29, 1.82) is 0 Å². The van der Waals surface area contributed by atoms with Gasteiger partial charge in [0.1, 0.15) is 5.76 Å². The van der Waals surface area contributed by atoms with E-state index < -0.39 is 0 Å². The fourth-order valence-corrected chi connectivity index (χ4v) is 3.27. The van der Waals surface area contributed by atoms with Crippen molar-refractivity contribution in [3.63, 3.8) is 0 Å². The average molecular weight is 344 g/mol. The lowest BCUT2D eigenvalue weighted by Gasteiger charge is -2.28. The fourth-order valence-electron chi connectivity index (χ4n) is 3.27. The molecule has 134 valence electrons. The van der Waals surface area contributed by atoms with E-state index in [9.17, 15) is 4.79 Å². The maximum atomic E-state index is 12.9. The molecule has 2 atom stereocenters. The average Bonchev–Trinajstić information content (AvgIpc) is 3.22. The van der Waals surface area contributed by atoms with Gasteiger partial charge in [0.2, 0.25) is 0 Å². The number of aryl methyl sites for hydroxylation is 1. The highest BCUT2D eigenvalue weighted by atomic mass is 16.5. The standard InChI is InChI=1S/C19H24N2O4/c1-14-12-16(20-25-14)19(22)21-9-8-18(24-11-10-23-2)17(21)13-15-6-4-3-5-7-15/h3-7,12,17-18H,8-11,13H2,1-2H3/t17-,18-/m1/s1. The second-order valence-corrected chi connectivity index (χ2v) is 6.27. The zero-order chi connectivity index (χ0) is 17.6. The third-order valence-electron chi connectivity index (χ3n) is 4.50. The summed E-state index contributed by atoms with van der Waals surface area (Å²) in [5.41, 5.74) is 1.54. The van der Waals surface area contributed by atoms with Crippen LogP contribution in [0.3, 0.4) is 0 Å². The Labute approximate surface area is 147 Å². The number of ether oxygens (including phenoxy) is 2. The van der Waals surface area contributed by atoms with Crippen LogP contribution >= 0.6 is 0 Å². The Balaban J connectivity index is 1.76. The molecule has 1 aromatic heterocycles. The number of likely N-dealkylation sites (tertiary alicyclic amines) is 1. The molecule has 0 unspecified atom stereocenters. The summed E-state index contributed by atoms with van der Waals surface area (Å²) in [4.78, 5) is 14.7. The lowest BCUT2D eigenvalue weighted by atomic mass is 10.0. The molecule has 1 saturated heterocycles. The van der Waals surface area contributed by atoms with E-state index in [1.165, 1.54) is 5.56 Å². The number of benzene rings is 1. The van der Waals surface area contributed by atoms with Crippen LogP contribution in [0.4, 0.5) is 0 Å². The molecule has 0 radical (unpaired) electrons. The molecule has 0 N–H and O–H groups in total. The van der Waals surface area contributed by atoms with E-state index in [-0.39, 0.29) is 18.1 Å². The van der Waals surface area contributed by atoms with Crippen molar-refractivity contribution in [3.8, 4) is 0 Å². The number of carbonyl (C=O) groups is 1. The summed E-state index contributed by atoms with van der Waals surface area (Å²) in [6, 6.07) is 11.8. The maximum Gasteiger partial charge on any atom is 0.276 e. The van der Waals surface area contributed by atoms with Crippen LogP contribution in [-0.4, -0.2) is 55.0 Å². The van der Waals surface area contributed by atoms with E-state index >= 15 is 0 Å². The van der Waals surface area contributed by atoms with Crippen molar-refractivity contribution in [2.75, 3.05) is 26.9 Å². The van der Waals surface area contributed by atoms with E-state index in [0.29, 0.717) is 31.2 Å². The molecule has 2 heterocycles. The highest BCUT2D eigenvalue weighted by Gasteiger charge is 2.38. The predicted molar refractivity (Wildman–Crippen MR) is 92.4 cm³/mol. The highest BCUT2D eigenvalue weighted by Crippen LogP contribution is 2.26. The van der Waals surface area contributed by atoms with Crippen molar-refractivity contribution in [3.05, 3.63) is 53.4 Å². The summed E-state index contributed by atoms with van der Waals surface area (Å²) in [6.07, 6.45) is 1.55. The Morgan fingerprint density at radius 1 is 1.32 bits per heavy atom. The van der Waals surface area contributed by atoms with Crippen LogP contribution in [0.2, 0.25) is 0 Å². The Bertz CT molecular complexity index is 686. The molecule has 1 aliphatic rings. The smallest absolute Gasteiger partial charge is 0.276 e. The SMILES string of the molecule is COCCO[C@@H]1CCN(C(=O)c2cc(C)on2)[C@@H]1Cc1ccccc1. The number of nitrogens with zero attached hydrogens (tertiary/aromatic N) is 2. The third-order valence-corrected chi connectivity index (χ3v) is 4.50. The topological polar surface area (TPSA) is 64.8 Å². The molecule has 6 nitrogen and oxygen atoms in total. The van der Waals surface area contributed by atoms with Crippen LogP contribution in [0, 0.1) is 6.92 Å². The molecule has 0 spiro atoms. The molecule has 3 rings (SSSR count). The first-order chi connectivity index (χ1) is 12.2. The summed E-state index contributed by atoms with van der Waals surface area (Å²) < 4.78 is 16.1. The molecule has 6 heteroatoms. The molecule has 0 aliphatic carbocycles. The molecule has 0 bridgehead atoms. The molecule has 2 aromatic rings. The first kappa shape index (κ1) is 17.6. The summed E-state index contributed by atoms with van der Waals surface area (Å²) in [5.74, 6) is 0.533. The third kappa shape index (κ3) is 4.27. The molecule has 1 aromatic carbocycles. The fraction of sp³-hybridized carbons (Fsp3) is 0.474. The number of hydrogen-bond donors (Lipinski definition) is 0. The van der Waals surface area contributed by atoms with E-state index in [2.05, 4.69) is 17.3 Å². The van der Waals surface area contributed by atoms with Gasteiger partial charge >= 0.3 is 0 Å². The molecular weight excluding hydrogens is 320 g/mol. The van der Waals surface area contributed by atoms with E-state index in [1.807, 2.05) is 23.1 Å². The van der Waals surface area contributed by atoms with E-state index in [4.69, 9.17) is 14.0 Å². The van der Waals surface area contributed by atoms with Crippen LogP contribution in [0.1, 0.15) is 28.2 Å². The molecule has 1 amide bonds. The predicted octanol–water partition coefficient (Wildman–Crippen LogP) is 2.47. The van der Waals surface area contributed by atoms with Crippen LogP contribution < -0.4 is 0 Å². The van der Waals surface area contributed by atoms with Gasteiger partial charge in [0.05, 0.1) is 25.4 Å². The number of rotatable bonds is 7. The van der Waals surface area contributed by atoms with Crippen LogP contribution in [0.5, 0.6) is 0 Å². The zero-order valence-electron chi connectivity index (χ0n) is 14.7. The van der Waals surface area contributed by atoms with Gasteiger partial charge in [0, 0.05) is 19.7 Å².